The van der Waals surface area contributed by atoms with Gasteiger partial charge in [-0.15, -0.1) is 0 Å². The van der Waals surface area contributed by atoms with Crippen molar-refractivity contribution in [3.8, 4) is 0 Å². The first-order valence-electron chi connectivity index (χ1n) is 13.4. The van der Waals surface area contributed by atoms with E-state index in [4.69, 9.17) is 0 Å². The molecule has 3 aromatic rings. The lowest BCUT2D eigenvalue weighted by Gasteiger charge is -2.31. The largest absolute Gasteiger partial charge is 0.361 e. The summed E-state index contributed by atoms with van der Waals surface area (Å²) in [7, 11) is 0. The van der Waals surface area contributed by atoms with Crippen molar-refractivity contribution in [3.05, 3.63) is 101 Å². The normalized spacial score (nSPS) is 21.3. The number of H-pyrrole nitrogens is 1. The summed E-state index contributed by atoms with van der Waals surface area (Å²) in [5.41, 5.74) is 11.4. The van der Waals surface area contributed by atoms with Gasteiger partial charge in [-0.2, -0.15) is 0 Å². The summed E-state index contributed by atoms with van der Waals surface area (Å²) in [5, 5.41) is 6.39. The standard InChI is InChI=1S/C31H33FN4O/c1-3-5-23(35-31(37)26-6-4-7-28-25(26)14-15-33-28)16-20-8-9-21-17-29-27(19(2)30(20)21)18-34-36(29)24-12-10-22(32)11-13-24/h4,6-7,10-15,17-20,23,33-34H,3,5,8-9,16H2,1-2H3,(H,35,37)/t19-,20+,23?/m0/s1. The maximum atomic E-state index is 13.5. The number of carbonyl (C=O) groups excluding carboxylic acids is 1. The minimum atomic E-state index is -0.232. The molecular formula is C31H33FN4O. The fraction of sp³-hybridized carbons (Fsp3) is 0.323. The number of nitrogens with one attached hydrogen (secondary N) is 3. The molecule has 2 aliphatic carbocycles. The average molecular weight is 497 g/mol. The monoisotopic (exact) mass is 496 g/mol. The number of carbonyl (C=O) groups is 1. The van der Waals surface area contributed by atoms with Crippen molar-refractivity contribution in [2.45, 2.75) is 52.0 Å². The van der Waals surface area contributed by atoms with E-state index >= 15 is 0 Å². The second-order valence-corrected chi connectivity index (χ2v) is 10.4. The number of halogens is 1. The van der Waals surface area contributed by atoms with Crippen LogP contribution in [0.25, 0.3) is 10.9 Å². The first-order chi connectivity index (χ1) is 18.0. The molecule has 0 saturated heterocycles. The third-order valence-electron chi connectivity index (χ3n) is 8.17. The molecule has 1 aliphatic heterocycles. The number of hydrogen-bond donors (Lipinski definition) is 3. The molecule has 0 bridgehead atoms. The van der Waals surface area contributed by atoms with E-state index in [-0.39, 0.29) is 17.8 Å². The van der Waals surface area contributed by atoms with E-state index < -0.39 is 0 Å². The fourth-order valence-corrected chi connectivity index (χ4v) is 6.45. The van der Waals surface area contributed by atoms with Gasteiger partial charge in [-0.05, 0) is 85.7 Å². The molecule has 3 atom stereocenters. The van der Waals surface area contributed by atoms with Gasteiger partial charge in [0.1, 0.15) is 5.82 Å². The van der Waals surface area contributed by atoms with Gasteiger partial charge in [-0.1, -0.05) is 31.9 Å². The van der Waals surface area contributed by atoms with Crippen LogP contribution in [0.5, 0.6) is 0 Å². The Morgan fingerprint density at radius 1 is 1.19 bits per heavy atom. The number of rotatable bonds is 7. The Kier molecular flexibility index (Phi) is 6.11. The van der Waals surface area contributed by atoms with E-state index in [1.807, 2.05) is 35.5 Å². The van der Waals surface area contributed by atoms with Gasteiger partial charge in [-0.3, -0.25) is 9.80 Å². The topological polar surface area (TPSA) is 60.2 Å². The van der Waals surface area contributed by atoms with Crippen molar-refractivity contribution in [2.75, 3.05) is 5.01 Å². The molecule has 6 heteroatoms. The number of amides is 1. The molecule has 0 fully saturated rings. The number of anilines is 1. The van der Waals surface area contributed by atoms with Crippen LogP contribution in [-0.4, -0.2) is 16.9 Å². The van der Waals surface area contributed by atoms with Gasteiger partial charge < -0.3 is 15.7 Å². The van der Waals surface area contributed by atoms with Crippen LogP contribution in [0, 0.1) is 17.7 Å². The molecule has 1 unspecified atom stereocenters. The van der Waals surface area contributed by atoms with Gasteiger partial charge in [0.25, 0.3) is 5.91 Å². The van der Waals surface area contributed by atoms with Gasteiger partial charge in [0.2, 0.25) is 0 Å². The van der Waals surface area contributed by atoms with Gasteiger partial charge >= 0.3 is 0 Å². The van der Waals surface area contributed by atoms with Crippen LogP contribution in [0.2, 0.25) is 0 Å². The van der Waals surface area contributed by atoms with Crippen molar-refractivity contribution in [2.24, 2.45) is 11.8 Å². The maximum absolute atomic E-state index is 13.5. The summed E-state index contributed by atoms with van der Waals surface area (Å²) in [6, 6.07) is 14.5. The molecular weight excluding hydrogens is 463 g/mol. The van der Waals surface area contributed by atoms with Crippen LogP contribution < -0.4 is 15.8 Å². The van der Waals surface area contributed by atoms with Crippen LogP contribution >= 0.6 is 0 Å². The fourth-order valence-electron chi connectivity index (χ4n) is 6.45. The second kappa shape index (κ2) is 9.58. The predicted octanol–water partition coefficient (Wildman–Crippen LogP) is 6.74. The molecule has 1 aromatic heterocycles. The first kappa shape index (κ1) is 23.6. The highest BCUT2D eigenvalue weighted by Crippen LogP contribution is 2.49. The summed E-state index contributed by atoms with van der Waals surface area (Å²) in [4.78, 5) is 16.5. The smallest absolute Gasteiger partial charge is 0.252 e. The number of hydrogen-bond acceptors (Lipinski definition) is 3. The lowest BCUT2D eigenvalue weighted by Crippen LogP contribution is -2.37. The van der Waals surface area contributed by atoms with Crippen molar-refractivity contribution in [1.29, 1.82) is 0 Å². The van der Waals surface area contributed by atoms with E-state index in [1.165, 1.54) is 28.9 Å². The molecule has 37 heavy (non-hydrogen) atoms. The van der Waals surface area contributed by atoms with Crippen LogP contribution in [0.15, 0.2) is 89.4 Å². The summed E-state index contributed by atoms with van der Waals surface area (Å²) in [6.07, 6.45) is 11.4. The van der Waals surface area contributed by atoms with Gasteiger partial charge in [-0.25, -0.2) is 4.39 Å². The van der Waals surface area contributed by atoms with Gasteiger partial charge in [0.05, 0.1) is 11.4 Å². The maximum Gasteiger partial charge on any atom is 0.252 e. The Bertz CT molecular complexity index is 1430. The molecule has 3 N–H and O–H groups in total. The highest BCUT2D eigenvalue weighted by Gasteiger charge is 2.38. The number of fused-ring (bicyclic) bond motifs is 2. The SMILES string of the molecule is CCCC(C[C@H]1CCC2=C1[C@@H](C)C1=CNN(c3ccc(F)cc3)C1=C2)NC(=O)c1cccc2[nH]ccc12. The lowest BCUT2D eigenvalue weighted by molar-refractivity contribution is 0.0931. The molecule has 2 heterocycles. The number of aromatic nitrogens is 1. The minimum Gasteiger partial charge on any atom is -0.361 e. The number of hydrazine groups is 1. The minimum absolute atomic E-state index is 0.00682. The highest BCUT2D eigenvalue weighted by atomic mass is 19.1. The summed E-state index contributed by atoms with van der Waals surface area (Å²) >= 11 is 0. The second-order valence-electron chi connectivity index (χ2n) is 10.4. The molecule has 1 amide bonds. The predicted molar refractivity (Wildman–Crippen MR) is 146 cm³/mol. The van der Waals surface area contributed by atoms with Crippen LogP contribution in [-0.2, 0) is 0 Å². The molecule has 190 valence electrons. The van der Waals surface area contributed by atoms with E-state index in [2.05, 4.69) is 41.9 Å². The Balaban J connectivity index is 1.22. The zero-order chi connectivity index (χ0) is 25.5. The molecule has 2 aromatic carbocycles. The Morgan fingerprint density at radius 2 is 2.03 bits per heavy atom. The van der Waals surface area contributed by atoms with Crippen molar-refractivity contribution in [3.63, 3.8) is 0 Å². The third-order valence-corrected chi connectivity index (χ3v) is 8.17. The average Bonchev–Trinajstić information content (AvgIpc) is 3.63. The number of benzene rings is 2. The van der Waals surface area contributed by atoms with Gasteiger partial charge in [0.15, 0.2) is 0 Å². The third kappa shape index (κ3) is 4.24. The number of aromatic amines is 1. The Hall–Kier alpha value is -3.80. The number of allylic oxidation sites excluding steroid dienone is 4. The quantitative estimate of drug-likeness (QED) is 0.339. The van der Waals surface area contributed by atoms with E-state index in [1.54, 1.807) is 12.1 Å². The lowest BCUT2D eigenvalue weighted by atomic mass is 9.78. The number of nitrogens with zero attached hydrogens (tertiary/aromatic N) is 1. The zero-order valence-electron chi connectivity index (χ0n) is 21.4. The molecule has 6 rings (SSSR count). The first-order valence-corrected chi connectivity index (χ1v) is 13.4. The van der Waals surface area contributed by atoms with E-state index in [0.29, 0.717) is 11.8 Å². The Labute approximate surface area is 217 Å². The van der Waals surface area contributed by atoms with Crippen LogP contribution in [0.4, 0.5) is 10.1 Å². The summed E-state index contributed by atoms with van der Waals surface area (Å²) in [6.45, 7) is 4.48. The molecule has 5 nitrogen and oxygen atoms in total. The van der Waals surface area contributed by atoms with E-state index in [0.717, 1.165) is 60.0 Å². The van der Waals surface area contributed by atoms with Gasteiger partial charge in [0, 0.05) is 46.4 Å². The summed E-state index contributed by atoms with van der Waals surface area (Å²) < 4.78 is 13.5. The zero-order valence-corrected chi connectivity index (χ0v) is 21.4. The molecule has 0 spiro atoms. The van der Waals surface area contributed by atoms with Crippen LogP contribution in [0.1, 0.15) is 56.3 Å². The highest BCUT2D eigenvalue weighted by molar-refractivity contribution is 6.06. The summed E-state index contributed by atoms with van der Waals surface area (Å²) in [5.74, 6) is 0.520. The van der Waals surface area contributed by atoms with E-state index in [9.17, 15) is 9.18 Å². The van der Waals surface area contributed by atoms with Crippen molar-refractivity contribution < 1.29 is 9.18 Å². The molecule has 3 aliphatic rings. The van der Waals surface area contributed by atoms with Crippen LogP contribution in [0.3, 0.4) is 0 Å². The van der Waals surface area contributed by atoms with Crippen molar-refractivity contribution >= 4 is 22.5 Å². The molecule has 0 saturated carbocycles. The molecule has 0 radical (unpaired) electrons. The Morgan fingerprint density at radius 3 is 2.84 bits per heavy atom. The van der Waals surface area contributed by atoms with Crippen molar-refractivity contribution in [1.82, 2.24) is 15.7 Å².